The molecule has 5 nitrogen and oxygen atoms in total. The maximum Gasteiger partial charge on any atom is 0.359 e. The molecule has 0 aliphatic heterocycles. The molecule has 2 aromatic heterocycles. The number of esters is 1. The van der Waals surface area contributed by atoms with Crippen LogP contribution in [-0.4, -0.2) is 21.2 Å². The molecule has 0 unspecified atom stereocenters. The lowest BCUT2D eigenvalue weighted by molar-refractivity contribution is 0.0285. The van der Waals surface area contributed by atoms with Gasteiger partial charge in [-0.1, -0.05) is 19.9 Å². The number of hydrogen-bond acceptors (Lipinski definition) is 4. The van der Waals surface area contributed by atoms with Gasteiger partial charge in [-0.05, 0) is 42.9 Å². The minimum absolute atomic E-state index is 0.251. The van der Waals surface area contributed by atoms with E-state index in [-0.39, 0.29) is 12.1 Å². The first-order chi connectivity index (χ1) is 10.1. The summed E-state index contributed by atoms with van der Waals surface area (Å²) in [7, 11) is 0. The number of rotatable bonds is 4. The van der Waals surface area contributed by atoms with Crippen LogP contribution in [0.2, 0.25) is 0 Å². The number of nitrogens with one attached hydrogen (secondary N) is 1. The minimum atomic E-state index is -0.384. The van der Waals surface area contributed by atoms with Crippen LogP contribution in [0.25, 0.3) is 0 Å². The van der Waals surface area contributed by atoms with Crippen LogP contribution in [0.15, 0.2) is 24.4 Å². The largest absolute Gasteiger partial charge is 0.451 e. The summed E-state index contributed by atoms with van der Waals surface area (Å²) in [4.78, 5) is 16.5. The van der Waals surface area contributed by atoms with Crippen LogP contribution in [0.3, 0.4) is 0 Å². The van der Waals surface area contributed by atoms with E-state index in [2.05, 4.69) is 29.0 Å². The third-order valence-electron chi connectivity index (χ3n) is 3.62. The van der Waals surface area contributed by atoms with E-state index in [0.717, 1.165) is 36.2 Å². The number of aryl methyl sites for hydroxylation is 1. The molecule has 0 amide bonds. The van der Waals surface area contributed by atoms with Gasteiger partial charge in [0, 0.05) is 11.9 Å². The zero-order valence-corrected chi connectivity index (χ0v) is 12.3. The van der Waals surface area contributed by atoms with Gasteiger partial charge in [0.15, 0.2) is 5.69 Å². The molecule has 0 spiro atoms. The summed E-state index contributed by atoms with van der Waals surface area (Å²) in [6, 6.07) is 5.72. The number of carbonyl (C=O) groups is 1. The first kappa shape index (κ1) is 13.8. The maximum atomic E-state index is 12.2. The molecule has 0 fully saturated rings. The van der Waals surface area contributed by atoms with Crippen molar-refractivity contribution in [3.05, 3.63) is 47.0 Å². The molecule has 0 radical (unpaired) electrons. The second-order valence-corrected chi connectivity index (χ2v) is 5.86. The number of H-pyrrole nitrogens is 1. The Hall–Kier alpha value is -2.17. The maximum absolute atomic E-state index is 12.2. The van der Waals surface area contributed by atoms with E-state index in [4.69, 9.17) is 4.74 Å². The Morgan fingerprint density at radius 3 is 3.19 bits per heavy atom. The molecular formula is C16H19N3O2. The van der Waals surface area contributed by atoms with Gasteiger partial charge >= 0.3 is 5.97 Å². The van der Waals surface area contributed by atoms with E-state index in [9.17, 15) is 4.79 Å². The second kappa shape index (κ2) is 5.68. The smallest absolute Gasteiger partial charge is 0.359 e. The first-order valence-electron chi connectivity index (χ1n) is 7.32. The van der Waals surface area contributed by atoms with Gasteiger partial charge in [-0.3, -0.25) is 10.1 Å². The molecule has 0 saturated carbocycles. The molecule has 1 atom stereocenters. The summed E-state index contributed by atoms with van der Waals surface area (Å²) < 4.78 is 5.56. The van der Waals surface area contributed by atoms with Crippen molar-refractivity contribution in [1.82, 2.24) is 15.2 Å². The summed E-state index contributed by atoms with van der Waals surface area (Å²) in [5.41, 5.74) is 3.35. The standard InChI is InChI=1S/C16H19N3O2/c1-10(2)8-12-9-13(19-18-12)16(20)21-14-6-5-11-4-3-7-17-15(11)14/h3-4,7,9-10,14H,5-6,8H2,1-2H3,(H,18,19)/t14-/m0/s1. The summed E-state index contributed by atoms with van der Waals surface area (Å²) in [6.07, 6.45) is 4.05. The number of aromatic amines is 1. The molecule has 0 aromatic carbocycles. The Morgan fingerprint density at radius 1 is 1.52 bits per heavy atom. The number of hydrogen-bond donors (Lipinski definition) is 1. The fourth-order valence-corrected chi connectivity index (χ4v) is 2.69. The van der Waals surface area contributed by atoms with Crippen molar-refractivity contribution in [2.75, 3.05) is 0 Å². The fraction of sp³-hybridized carbons (Fsp3) is 0.438. The minimum Gasteiger partial charge on any atom is -0.451 e. The average molecular weight is 285 g/mol. The first-order valence-corrected chi connectivity index (χ1v) is 7.32. The van der Waals surface area contributed by atoms with Gasteiger partial charge in [0.25, 0.3) is 0 Å². The number of aromatic nitrogens is 3. The van der Waals surface area contributed by atoms with Crippen LogP contribution in [0, 0.1) is 5.92 Å². The van der Waals surface area contributed by atoms with E-state index in [1.165, 1.54) is 0 Å². The molecule has 0 saturated heterocycles. The van der Waals surface area contributed by atoms with Crippen LogP contribution in [0.5, 0.6) is 0 Å². The Morgan fingerprint density at radius 2 is 2.38 bits per heavy atom. The molecule has 1 N–H and O–H groups in total. The van der Waals surface area contributed by atoms with E-state index in [1.807, 2.05) is 12.1 Å². The molecule has 2 aromatic rings. The highest BCUT2D eigenvalue weighted by Gasteiger charge is 2.28. The molecule has 1 aliphatic rings. The number of fused-ring (bicyclic) bond motifs is 1. The normalized spacial score (nSPS) is 17.0. The van der Waals surface area contributed by atoms with Crippen LogP contribution in [0.1, 0.15) is 53.8 Å². The van der Waals surface area contributed by atoms with Gasteiger partial charge in [-0.2, -0.15) is 5.10 Å². The van der Waals surface area contributed by atoms with Gasteiger partial charge in [-0.25, -0.2) is 4.79 Å². The zero-order valence-electron chi connectivity index (χ0n) is 12.3. The fourth-order valence-electron chi connectivity index (χ4n) is 2.69. The van der Waals surface area contributed by atoms with Crippen molar-refractivity contribution in [2.24, 2.45) is 5.92 Å². The second-order valence-electron chi connectivity index (χ2n) is 5.86. The van der Waals surface area contributed by atoms with Crippen molar-refractivity contribution >= 4 is 5.97 Å². The van der Waals surface area contributed by atoms with Crippen molar-refractivity contribution in [1.29, 1.82) is 0 Å². The van der Waals surface area contributed by atoms with Gasteiger partial charge in [-0.15, -0.1) is 0 Å². The summed E-state index contributed by atoms with van der Waals surface area (Å²) in [5.74, 6) is 0.130. The Kier molecular flexibility index (Phi) is 3.73. The molecule has 3 rings (SSSR count). The highest BCUT2D eigenvalue weighted by atomic mass is 16.5. The lowest BCUT2D eigenvalue weighted by Crippen LogP contribution is -2.11. The Balaban J connectivity index is 1.68. The van der Waals surface area contributed by atoms with E-state index < -0.39 is 0 Å². The molecule has 110 valence electrons. The Bertz CT molecular complexity index is 648. The quantitative estimate of drug-likeness (QED) is 0.877. The van der Waals surface area contributed by atoms with Crippen LogP contribution in [-0.2, 0) is 17.6 Å². The number of ether oxygens (including phenoxy) is 1. The van der Waals surface area contributed by atoms with Gasteiger partial charge < -0.3 is 4.74 Å². The molecule has 1 aliphatic carbocycles. The predicted molar refractivity (Wildman–Crippen MR) is 77.8 cm³/mol. The van der Waals surface area contributed by atoms with E-state index in [0.29, 0.717) is 11.6 Å². The zero-order chi connectivity index (χ0) is 14.8. The predicted octanol–water partition coefficient (Wildman–Crippen LogP) is 2.85. The molecule has 5 heteroatoms. The van der Waals surface area contributed by atoms with Crippen LogP contribution < -0.4 is 0 Å². The lowest BCUT2D eigenvalue weighted by Gasteiger charge is -2.11. The monoisotopic (exact) mass is 285 g/mol. The molecular weight excluding hydrogens is 266 g/mol. The summed E-state index contributed by atoms with van der Waals surface area (Å²) >= 11 is 0. The van der Waals surface area contributed by atoms with Gasteiger partial charge in [0.2, 0.25) is 0 Å². The van der Waals surface area contributed by atoms with Crippen molar-refractivity contribution in [3.8, 4) is 0 Å². The van der Waals surface area contributed by atoms with Crippen molar-refractivity contribution in [2.45, 2.75) is 39.2 Å². The van der Waals surface area contributed by atoms with Crippen molar-refractivity contribution in [3.63, 3.8) is 0 Å². The van der Waals surface area contributed by atoms with Crippen LogP contribution >= 0.6 is 0 Å². The van der Waals surface area contributed by atoms with Gasteiger partial charge in [0.05, 0.1) is 5.69 Å². The molecule has 21 heavy (non-hydrogen) atoms. The average Bonchev–Trinajstić information content (AvgIpc) is 3.06. The Labute approximate surface area is 123 Å². The number of carbonyl (C=O) groups excluding carboxylic acids is 1. The number of nitrogens with zero attached hydrogens (tertiary/aromatic N) is 2. The molecule has 0 bridgehead atoms. The summed E-state index contributed by atoms with van der Waals surface area (Å²) in [5, 5.41) is 6.94. The van der Waals surface area contributed by atoms with Gasteiger partial charge in [0.1, 0.15) is 6.10 Å². The van der Waals surface area contributed by atoms with Crippen LogP contribution in [0.4, 0.5) is 0 Å². The third-order valence-corrected chi connectivity index (χ3v) is 3.62. The number of pyridine rings is 1. The third kappa shape index (κ3) is 2.96. The van der Waals surface area contributed by atoms with E-state index >= 15 is 0 Å². The molecule has 2 heterocycles. The van der Waals surface area contributed by atoms with Crippen molar-refractivity contribution < 1.29 is 9.53 Å². The summed E-state index contributed by atoms with van der Waals surface area (Å²) in [6.45, 7) is 4.25. The topological polar surface area (TPSA) is 67.9 Å². The lowest BCUT2D eigenvalue weighted by atomic mass is 10.1. The highest BCUT2D eigenvalue weighted by Crippen LogP contribution is 2.32. The SMILES string of the molecule is CC(C)Cc1cc(C(=O)O[C@H]2CCc3cccnc32)n[nH]1. The van der Waals surface area contributed by atoms with E-state index in [1.54, 1.807) is 12.3 Å². The highest BCUT2D eigenvalue weighted by molar-refractivity contribution is 5.87.